The van der Waals surface area contributed by atoms with Gasteiger partial charge in [-0.2, -0.15) is 0 Å². The number of rotatable bonds is 5. The lowest BCUT2D eigenvalue weighted by atomic mass is 10.1. The van der Waals surface area contributed by atoms with E-state index in [9.17, 15) is 4.79 Å². The van der Waals surface area contributed by atoms with Crippen molar-refractivity contribution in [3.63, 3.8) is 0 Å². The van der Waals surface area contributed by atoms with E-state index >= 15 is 0 Å². The molecule has 3 heteroatoms. The Bertz CT molecular complexity index is 501. The number of carbonyl (C=O) groups is 1. The first-order valence-corrected chi connectivity index (χ1v) is 5.73. The summed E-state index contributed by atoms with van der Waals surface area (Å²) in [7, 11) is 0. The average Bonchev–Trinajstić information content (AvgIpc) is 2.34. The number of allylic oxidation sites excluding steroid dienone is 4. The number of hydrogen-bond acceptors (Lipinski definition) is 2. The lowest BCUT2D eigenvalue weighted by Crippen LogP contribution is -1.93. The van der Waals surface area contributed by atoms with Crippen molar-refractivity contribution in [3.05, 3.63) is 70.9 Å². The third kappa shape index (κ3) is 4.33. The Morgan fingerprint density at radius 1 is 1.35 bits per heavy atom. The van der Waals surface area contributed by atoms with Gasteiger partial charge < -0.3 is 0 Å². The van der Waals surface area contributed by atoms with Crippen molar-refractivity contribution in [1.82, 2.24) is 0 Å². The van der Waals surface area contributed by atoms with Gasteiger partial charge in [-0.25, -0.2) is 0 Å². The Hall–Kier alpha value is -1.74. The molecule has 17 heavy (non-hydrogen) atoms. The maximum atomic E-state index is 11.8. The summed E-state index contributed by atoms with van der Waals surface area (Å²) in [4.78, 5) is 15.4. The van der Waals surface area contributed by atoms with Crippen LogP contribution in [0.5, 0.6) is 0 Å². The van der Waals surface area contributed by atoms with Crippen LogP contribution in [0.15, 0.2) is 70.3 Å². The van der Waals surface area contributed by atoms with Crippen molar-refractivity contribution in [2.75, 3.05) is 0 Å². The van der Waals surface area contributed by atoms with Crippen molar-refractivity contribution in [2.45, 2.75) is 0 Å². The normalized spacial score (nSPS) is 11.5. The second-order valence-electron chi connectivity index (χ2n) is 3.22. The summed E-state index contributed by atoms with van der Waals surface area (Å²) >= 11 is 3.32. The molecule has 1 rings (SSSR count). The van der Waals surface area contributed by atoms with E-state index in [0.29, 0.717) is 5.56 Å². The number of hydrogen-bond donors (Lipinski definition) is 0. The first kappa shape index (κ1) is 13.3. The molecule has 0 aliphatic heterocycles. The molecule has 0 heterocycles. The van der Waals surface area contributed by atoms with Crippen LogP contribution in [0.3, 0.4) is 0 Å². The van der Waals surface area contributed by atoms with E-state index in [2.05, 4.69) is 34.2 Å². The molecule has 0 unspecified atom stereocenters. The fourth-order valence-corrected chi connectivity index (χ4v) is 1.58. The molecule has 1 aromatic carbocycles. The van der Waals surface area contributed by atoms with Gasteiger partial charge in [0, 0.05) is 16.2 Å². The quantitative estimate of drug-likeness (QED) is 0.349. The van der Waals surface area contributed by atoms with Crippen molar-refractivity contribution in [1.29, 1.82) is 0 Å². The van der Waals surface area contributed by atoms with Gasteiger partial charge in [0.25, 0.3) is 0 Å². The van der Waals surface area contributed by atoms with Crippen LogP contribution in [0.4, 0.5) is 0 Å². The SMILES string of the molecule is C=CC(/C=C/C(=O)c1cccc(Br)c1)=C\N=C. The van der Waals surface area contributed by atoms with Gasteiger partial charge in [-0.3, -0.25) is 9.79 Å². The summed E-state index contributed by atoms with van der Waals surface area (Å²) in [5.41, 5.74) is 1.37. The van der Waals surface area contributed by atoms with Crippen LogP contribution in [0, 0.1) is 0 Å². The molecule has 0 saturated heterocycles. The van der Waals surface area contributed by atoms with Crippen LogP contribution in [0.2, 0.25) is 0 Å². The van der Waals surface area contributed by atoms with E-state index in [-0.39, 0.29) is 5.78 Å². The number of nitrogens with zero attached hydrogens (tertiary/aromatic N) is 1. The highest BCUT2D eigenvalue weighted by Crippen LogP contribution is 2.12. The van der Waals surface area contributed by atoms with Gasteiger partial charge in [-0.1, -0.05) is 40.7 Å². The third-order valence-electron chi connectivity index (χ3n) is 2.01. The minimum Gasteiger partial charge on any atom is -0.289 e. The second kappa shape index (κ2) is 6.76. The zero-order valence-electron chi connectivity index (χ0n) is 9.27. The zero-order chi connectivity index (χ0) is 12.7. The molecular formula is C14H12BrNO. The summed E-state index contributed by atoms with van der Waals surface area (Å²) in [6.45, 7) is 6.96. The molecule has 0 aliphatic carbocycles. The Kier molecular flexibility index (Phi) is 5.30. The van der Waals surface area contributed by atoms with Crippen molar-refractivity contribution < 1.29 is 4.79 Å². The number of halogens is 1. The smallest absolute Gasteiger partial charge is 0.185 e. The predicted molar refractivity (Wildman–Crippen MR) is 75.4 cm³/mol. The molecule has 0 saturated carbocycles. The van der Waals surface area contributed by atoms with E-state index in [4.69, 9.17) is 0 Å². The summed E-state index contributed by atoms with van der Waals surface area (Å²) < 4.78 is 0.879. The van der Waals surface area contributed by atoms with Gasteiger partial charge >= 0.3 is 0 Å². The largest absolute Gasteiger partial charge is 0.289 e. The van der Waals surface area contributed by atoms with Gasteiger partial charge in [0.1, 0.15) is 0 Å². The minimum atomic E-state index is -0.0666. The van der Waals surface area contributed by atoms with E-state index < -0.39 is 0 Å². The van der Waals surface area contributed by atoms with Gasteiger partial charge in [-0.15, -0.1) is 0 Å². The van der Waals surface area contributed by atoms with Crippen LogP contribution < -0.4 is 0 Å². The first-order valence-electron chi connectivity index (χ1n) is 4.94. The number of ketones is 1. The maximum absolute atomic E-state index is 11.8. The summed E-state index contributed by atoms with van der Waals surface area (Å²) in [6.07, 6.45) is 6.29. The molecular weight excluding hydrogens is 278 g/mol. The molecule has 0 amide bonds. The van der Waals surface area contributed by atoms with E-state index in [0.717, 1.165) is 10.0 Å². The summed E-state index contributed by atoms with van der Waals surface area (Å²) in [5.74, 6) is -0.0666. The van der Waals surface area contributed by atoms with E-state index in [1.165, 1.54) is 12.3 Å². The third-order valence-corrected chi connectivity index (χ3v) is 2.51. The molecule has 2 nitrogen and oxygen atoms in total. The summed E-state index contributed by atoms with van der Waals surface area (Å²) in [6, 6.07) is 7.23. The van der Waals surface area contributed by atoms with Gasteiger partial charge in [0.05, 0.1) is 0 Å². The maximum Gasteiger partial charge on any atom is 0.185 e. The van der Waals surface area contributed by atoms with Crippen molar-refractivity contribution in [3.8, 4) is 0 Å². The molecule has 0 N–H and O–H groups in total. The monoisotopic (exact) mass is 289 g/mol. The lowest BCUT2D eigenvalue weighted by molar-refractivity contribution is 0.104. The highest BCUT2D eigenvalue weighted by atomic mass is 79.9. The van der Waals surface area contributed by atoms with Crippen LogP contribution in [-0.2, 0) is 0 Å². The van der Waals surface area contributed by atoms with Crippen LogP contribution >= 0.6 is 15.9 Å². The number of benzene rings is 1. The van der Waals surface area contributed by atoms with Gasteiger partial charge in [-0.05, 0) is 36.6 Å². The molecule has 0 aromatic heterocycles. The fourth-order valence-electron chi connectivity index (χ4n) is 1.18. The van der Waals surface area contributed by atoms with Crippen LogP contribution in [0.25, 0.3) is 0 Å². The Balaban J connectivity index is 2.86. The molecule has 0 atom stereocenters. The van der Waals surface area contributed by atoms with Gasteiger partial charge in [0.2, 0.25) is 0 Å². The molecule has 0 bridgehead atoms. The average molecular weight is 290 g/mol. The van der Waals surface area contributed by atoms with Crippen molar-refractivity contribution in [2.24, 2.45) is 4.99 Å². The van der Waals surface area contributed by atoms with Crippen LogP contribution in [0.1, 0.15) is 10.4 Å². The molecule has 0 radical (unpaired) electrons. The summed E-state index contributed by atoms with van der Waals surface area (Å²) in [5, 5.41) is 0. The fraction of sp³-hybridized carbons (Fsp3) is 0. The number of carbonyl (C=O) groups excluding carboxylic acids is 1. The van der Waals surface area contributed by atoms with Crippen LogP contribution in [-0.4, -0.2) is 12.5 Å². The molecule has 1 aromatic rings. The highest BCUT2D eigenvalue weighted by Gasteiger charge is 2.01. The lowest BCUT2D eigenvalue weighted by Gasteiger charge is -1.96. The van der Waals surface area contributed by atoms with Gasteiger partial charge in [0.15, 0.2) is 5.78 Å². The topological polar surface area (TPSA) is 29.4 Å². The molecule has 0 fully saturated rings. The second-order valence-corrected chi connectivity index (χ2v) is 4.14. The first-order chi connectivity index (χ1) is 8.17. The molecule has 0 spiro atoms. The van der Waals surface area contributed by atoms with E-state index in [1.54, 1.807) is 24.3 Å². The predicted octanol–water partition coefficient (Wildman–Crippen LogP) is 3.96. The Morgan fingerprint density at radius 3 is 2.71 bits per heavy atom. The Labute approximate surface area is 109 Å². The highest BCUT2D eigenvalue weighted by molar-refractivity contribution is 9.10. The van der Waals surface area contributed by atoms with E-state index in [1.807, 2.05) is 12.1 Å². The minimum absolute atomic E-state index is 0.0666. The Morgan fingerprint density at radius 2 is 2.12 bits per heavy atom. The molecule has 0 aliphatic rings. The number of aliphatic imine (C=N–C) groups is 1. The van der Waals surface area contributed by atoms with Crippen molar-refractivity contribution >= 4 is 28.4 Å². The molecule has 86 valence electrons. The zero-order valence-corrected chi connectivity index (χ0v) is 10.9. The standard InChI is InChI=1S/C14H12BrNO/c1-3-11(10-16-2)7-8-14(17)12-5-4-6-13(15)9-12/h3-10H,1-2H2/b8-7+,11-10+.